The highest BCUT2D eigenvalue weighted by molar-refractivity contribution is 9.10. The van der Waals surface area contributed by atoms with Gasteiger partial charge in [0.2, 0.25) is 0 Å². The van der Waals surface area contributed by atoms with Gasteiger partial charge in [-0.2, -0.15) is 0 Å². The molecular formula is C19H11BrN2O5. The summed E-state index contributed by atoms with van der Waals surface area (Å²) in [7, 11) is 1.51. The molecule has 134 valence electrons. The number of carbonyl (C=O) groups excluding carboxylic acids is 2. The molecule has 0 radical (unpaired) electrons. The molecule has 0 saturated carbocycles. The van der Waals surface area contributed by atoms with E-state index in [2.05, 4.69) is 15.9 Å². The van der Waals surface area contributed by atoms with Crippen LogP contribution in [-0.2, 0) is 0 Å². The Morgan fingerprint density at radius 2 is 1.70 bits per heavy atom. The first-order valence-electron chi connectivity index (χ1n) is 7.86. The first kappa shape index (κ1) is 17.2. The van der Waals surface area contributed by atoms with Crippen LogP contribution in [0.2, 0.25) is 0 Å². The molecule has 27 heavy (non-hydrogen) atoms. The third-order valence-electron chi connectivity index (χ3n) is 4.47. The highest BCUT2D eigenvalue weighted by Crippen LogP contribution is 2.40. The van der Waals surface area contributed by atoms with Crippen LogP contribution in [0, 0.1) is 10.1 Å². The standard InChI is InChI=1S/C19H11BrN2O5/c1-27-11-7-5-10(6-8-11)21-18(23)13-4-2-3-12-16(13)14(19(21)24)9-15(17(12)20)22(25)26/h2-9H,1H3. The smallest absolute Gasteiger partial charge is 0.284 e. The van der Waals surface area contributed by atoms with Crippen LogP contribution < -0.4 is 9.64 Å². The van der Waals surface area contributed by atoms with Crippen molar-refractivity contribution in [3.05, 3.63) is 74.2 Å². The molecule has 0 aliphatic carbocycles. The van der Waals surface area contributed by atoms with Gasteiger partial charge < -0.3 is 4.74 Å². The Hall–Kier alpha value is -3.26. The summed E-state index contributed by atoms with van der Waals surface area (Å²) in [5.41, 5.74) is 0.561. The maximum atomic E-state index is 13.1. The fraction of sp³-hybridized carbons (Fsp3) is 0.0526. The summed E-state index contributed by atoms with van der Waals surface area (Å²) in [6, 6.07) is 12.5. The third-order valence-corrected chi connectivity index (χ3v) is 5.30. The van der Waals surface area contributed by atoms with Crippen LogP contribution in [0.25, 0.3) is 10.8 Å². The Morgan fingerprint density at radius 3 is 2.33 bits per heavy atom. The molecule has 0 spiro atoms. The number of hydrogen-bond acceptors (Lipinski definition) is 5. The summed E-state index contributed by atoms with van der Waals surface area (Å²) in [5, 5.41) is 12.3. The van der Waals surface area contributed by atoms with E-state index in [-0.39, 0.29) is 15.7 Å². The lowest BCUT2D eigenvalue weighted by Gasteiger charge is -2.27. The van der Waals surface area contributed by atoms with Gasteiger partial charge in [-0.1, -0.05) is 12.1 Å². The summed E-state index contributed by atoms with van der Waals surface area (Å²) < 4.78 is 5.34. The monoisotopic (exact) mass is 426 g/mol. The summed E-state index contributed by atoms with van der Waals surface area (Å²) in [6.07, 6.45) is 0. The van der Waals surface area contributed by atoms with Gasteiger partial charge in [-0.15, -0.1) is 0 Å². The van der Waals surface area contributed by atoms with E-state index in [1.54, 1.807) is 42.5 Å². The predicted molar refractivity (Wildman–Crippen MR) is 102 cm³/mol. The predicted octanol–water partition coefficient (Wildman–Crippen LogP) is 4.32. The number of anilines is 1. The summed E-state index contributed by atoms with van der Waals surface area (Å²) in [5.74, 6) is -0.508. The molecule has 4 rings (SSSR count). The Kier molecular flexibility index (Phi) is 3.92. The number of ether oxygens (including phenoxy) is 1. The van der Waals surface area contributed by atoms with E-state index in [1.807, 2.05) is 0 Å². The quantitative estimate of drug-likeness (QED) is 0.353. The Morgan fingerprint density at radius 1 is 1.04 bits per heavy atom. The minimum absolute atomic E-state index is 0.117. The second kappa shape index (κ2) is 6.17. The lowest BCUT2D eigenvalue weighted by Crippen LogP contribution is -2.40. The lowest BCUT2D eigenvalue weighted by molar-refractivity contribution is -0.385. The molecule has 1 aliphatic heterocycles. The Balaban J connectivity index is 1.98. The fourth-order valence-electron chi connectivity index (χ4n) is 3.21. The average molecular weight is 427 g/mol. The number of benzene rings is 3. The van der Waals surface area contributed by atoms with E-state index in [0.717, 1.165) is 4.90 Å². The van der Waals surface area contributed by atoms with Crippen LogP contribution >= 0.6 is 15.9 Å². The zero-order chi connectivity index (χ0) is 19.3. The molecule has 0 atom stereocenters. The van der Waals surface area contributed by atoms with E-state index < -0.39 is 16.7 Å². The number of nitro benzene ring substituents is 1. The van der Waals surface area contributed by atoms with Gasteiger partial charge in [-0.05, 0) is 46.3 Å². The lowest BCUT2D eigenvalue weighted by atomic mass is 9.93. The molecule has 0 saturated heterocycles. The number of amides is 2. The molecule has 3 aromatic carbocycles. The van der Waals surface area contributed by atoms with Crippen molar-refractivity contribution in [1.82, 2.24) is 0 Å². The van der Waals surface area contributed by atoms with Crippen molar-refractivity contribution in [2.75, 3.05) is 12.0 Å². The van der Waals surface area contributed by atoms with Gasteiger partial charge >= 0.3 is 0 Å². The second-order valence-electron chi connectivity index (χ2n) is 5.89. The number of methoxy groups -OCH3 is 1. The number of rotatable bonds is 3. The van der Waals surface area contributed by atoms with Gasteiger partial charge in [-0.25, -0.2) is 4.90 Å². The number of nitro groups is 1. The Bertz CT molecular complexity index is 1140. The molecule has 7 nitrogen and oxygen atoms in total. The SMILES string of the molecule is COc1ccc(N2C(=O)c3cccc4c(Br)c([N+](=O)[O-])cc(c34)C2=O)cc1. The van der Waals surface area contributed by atoms with E-state index in [4.69, 9.17) is 4.74 Å². The zero-order valence-electron chi connectivity index (χ0n) is 13.9. The van der Waals surface area contributed by atoms with Gasteiger partial charge in [0.15, 0.2) is 0 Å². The van der Waals surface area contributed by atoms with Crippen molar-refractivity contribution >= 4 is 49.9 Å². The van der Waals surface area contributed by atoms with E-state index in [1.165, 1.54) is 13.2 Å². The van der Waals surface area contributed by atoms with Gasteiger partial charge in [-0.3, -0.25) is 19.7 Å². The number of carbonyl (C=O) groups is 2. The van der Waals surface area contributed by atoms with Crippen molar-refractivity contribution < 1.29 is 19.2 Å². The molecular weight excluding hydrogens is 416 g/mol. The summed E-state index contributed by atoms with van der Waals surface area (Å²) in [6.45, 7) is 0. The largest absolute Gasteiger partial charge is 0.497 e. The van der Waals surface area contributed by atoms with Gasteiger partial charge in [0.1, 0.15) is 10.2 Å². The summed E-state index contributed by atoms with van der Waals surface area (Å²) >= 11 is 3.23. The molecule has 0 fully saturated rings. The van der Waals surface area contributed by atoms with Crippen molar-refractivity contribution in [2.24, 2.45) is 0 Å². The van der Waals surface area contributed by atoms with Crippen LogP contribution in [0.3, 0.4) is 0 Å². The molecule has 2 amide bonds. The van der Waals surface area contributed by atoms with Crippen LogP contribution in [0.5, 0.6) is 5.75 Å². The third kappa shape index (κ3) is 2.48. The minimum atomic E-state index is -0.607. The van der Waals surface area contributed by atoms with Crippen LogP contribution in [0.1, 0.15) is 20.7 Å². The average Bonchev–Trinajstić information content (AvgIpc) is 2.67. The zero-order valence-corrected chi connectivity index (χ0v) is 15.5. The molecule has 1 aliphatic rings. The van der Waals surface area contributed by atoms with E-state index >= 15 is 0 Å². The molecule has 0 bridgehead atoms. The molecule has 0 N–H and O–H groups in total. The molecule has 0 unspecified atom stereocenters. The highest BCUT2D eigenvalue weighted by atomic mass is 79.9. The first-order valence-corrected chi connectivity index (χ1v) is 8.65. The van der Waals surface area contributed by atoms with Crippen LogP contribution in [-0.4, -0.2) is 23.8 Å². The minimum Gasteiger partial charge on any atom is -0.497 e. The van der Waals surface area contributed by atoms with Crippen molar-refractivity contribution in [2.45, 2.75) is 0 Å². The van der Waals surface area contributed by atoms with Gasteiger partial charge in [0.25, 0.3) is 17.5 Å². The maximum absolute atomic E-state index is 13.1. The first-order chi connectivity index (χ1) is 12.9. The molecule has 0 aromatic heterocycles. The van der Waals surface area contributed by atoms with E-state index in [9.17, 15) is 19.7 Å². The van der Waals surface area contributed by atoms with Crippen molar-refractivity contribution in [1.29, 1.82) is 0 Å². The number of nitrogens with zero attached hydrogens (tertiary/aromatic N) is 2. The highest BCUT2D eigenvalue weighted by Gasteiger charge is 2.36. The van der Waals surface area contributed by atoms with Gasteiger partial charge in [0, 0.05) is 22.4 Å². The van der Waals surface area contributed by atoms with E-state index in [0.29, 0.717) is 27.8 Å². The van der Waals surface area contributed by atoms with Crippen LogP contribution in [0.4, 0.5) is 11.4 Å². The van der Waals surface area contributed by atoms with Crippen molar-refractivity contribution in [3.8, 4) is 5.75 Å². The normalized spacial score (nSPS) is 13.2. The number of hydrogen-bond donors (Lipinski definition) is 0. The number of halogens is 1. The van der Waals surface area contributed by atoms with Crippen LogP contribution in [0.15, 0.2) is 53.0 Å². The molecule has 8 heteroatoms. The van der Waals surface area contributed by atoms with Crippen molar-refractivity contribution in [3.63, 3.8) is 0 Å². The number of imide groups is 1. The summed E-state index contributed by atoms with van der Waals surface area (Å²) in [4.78, 5) is 38.0. The molecule has 3 aromatic rings. The second-order valence-corrected chi connectivity index (χ2v) is 6.68. The maximum Gasteiger partial charge on any atom is 0.284 e. The Labute approximate surface area is 161 Å². The topological polar surface area (TPSA) is 89.8 Å². The fourth-order valence-corrected chi connectivity index (χ4v) is 3.80. The van der Waals surface area contributed by atoms with Gasteiger partial charge in [0.05, 0.1) is 23.3 Å². The molecule has 1 heterocycles.